The van der Waals surface area contributed by atoms with E-state index in [1.54, 1.807) is 29.7 Å². The van der Waals surface area contributed by atoms with E-state index in [-0.39, 0.29) is 5.92 Å². The molecule has 4 nitrogen and oxygen atoms in total. The Morgan fingerprint density at radius 1 is 1.19 bits per heavy atom. The molecule has 6 heteroatoms. The van der Waals surface area contributed by atoms with Gasteiger partial charge in [-0.15, -0.1) is 28.6 Å². The minimum absolute atomic E-state index is 0.148. The minimum Gasteiger partial charge on any atom is -0.370 e. The summed E-state index contributed by atoms with van der Waals surface area (Å²) in [6.45, 7) is 2.69. The van der Waals surface area contributed by atoms with Gasteiger partial charge in [-0.2, -0.15) is 0 Å². The molecule has 1 aliphatic carbocycles. The zero-order valence-electron chi connectivity index (χ0n) is 15.7. The van der Waals surface area contributed by atoms with Gasteiger partial charge in [0.05, 0.1) is 9.75 Å². The summed E-state index contributed by atoms with van der Waals surface area (Å²) in [7, 11) is 1.68. The van der Waals surface area contributed by atoms with Crippen molar-refractivity contribution in [2.24, 2.45) is 22.6 Å². The molecule has 3 rings (SSSR count). The van der Waals surface area contributed by atoms with Gasteiger partial charge >= 0.3 is 0 Å². The summed E-state index contributed by atoms with van der Waals surface area (Å²) >= 11 is 3.28. The molecule has 0 atom stereocenters. The molecular weight excluding hydrogens is 374 g/mol. The number of thiophene rings is 2. The van der Waals surface area contributed by atoms with Gasteiger partial charge in [0.1, 0.15) is 0 Å². The van der Waals surface area contributed by atoms with E-state index in [1.807, 2.05) is 19.1 Å². The first-order valence-corrected chi connectivity index (χ1v) is 10.9. The molecular formula is C21H25N3OS2. The van der Waals surface area contributed by atoms with Gasteiger partial charge in [0.25, 0.3) is 0 Å². The minimum atomic E-state index is 0.148. The fourth-order valence-corrected chi connectivity index (χ4v) is 5.45. The lowest BCUT2D eigenvalue weighted by Gasteiger charge is -2.27. The first-order chi connectivity index (χ1) is 13.1. The Morgan fingerprint density at radius 2 is 1.89 bits per heavy atom. The summed E-state index contributed by atoms with van der Waals surface area (Å²) in [5.41, 5.74) is 5.69. The van der Waals surface area contributed by atoms with Gasteiger partial charge in [0.15, 0.2) is 11.7 Å². The molecule has 1 saturated carbocycles. The zero-order valence-corrected chi connectivity index (χ0v) is 17.4. The third-order valence-electron chi connectivity index (χ3n) is 4.98. The van der Waals surface area contributed by atoms with E-state index in [4.69, 9.17) is 5.73 Å². The second kappa shape index (κ2) is 9.20. The highest BCUT2D eigenvalue weighted by Crippen LogP contribution is 2.36. The molecule has 2 aromatic rings. The number of guanidine groups is 1. The zero-order chi connectivity index (χ0) is 19.2. The molecule has 0 radical (unpaired) electrons. The van der Waals surface area contributed by atoms with Crippen LogP contribution in [-0.4, -0.2) is 25.3 Å². The third-order valence-corrected chi connectivity index (χ3v) is 7.27. The maximum atomic E-state index is 12.9. The van der Waals surface area contributed by atoms with Crippen molar-refractivity contribution in [3.05, 3.63) is 34.0 Å². The van der Waals surface area contributed by atoms with E-state index in [1.165, 1.54) is 4.88 Å². The number of nitrogens with zero attached hydrogens (tertiary/aromatic N) is 1. The van der Waals surface area contributed by atoms with Crippen molar-refractivity contribution in [2.45, 2.75) is 32.6 Å². The molecule has 2 heterocycles. The van der Waals surface area contributed by atoms with Gasteiger partial charge in [-0.1, -0.05) is 5.92 Å². The van der Waals surface area contributed by atoms with Gasteiger partial charge in [-0.25, -0.2) is 0 Å². The van der Waals surface area contributed by atoms with Crippen molar-refractivity contribution in [3.63, 3.8) is 0 Å². The van der Waals surface area contributed by atoms with Crippen molar-refractivity contribution in [2.75, 3.05) is 13.6 Å². The molecule has 1 aliphatic rings. The number of carbonyl (C=O) groups excluding carboxylic acids is 1. The molecule has 0 spiro atoms. The Morgan fingerprint density at radius 3 is 2.59 bits per heavy atom. The lowest BCUT2D eigenvalue weighted by molar-refractivity contribution is 0.0877. The number of hydrogen-bond donors (Lipinski definition) is 2. The van der Waals surface area contributed by atoms with E-state index in [0.29, 0.717) is 17.7 Å². The van der Waals surface area contributed by atoms with Crippen LogP contribution in [0.3, 0.4) is 0 Å². The highest BCUT2D eigenvalue weighted by Gasteiger charge is 2.28. The fourth-order valence-electron chi connectivity index (χ4n) is 3.42. The van der Waals surface area contributed by atoms with E-state index < -0.39 is 0 Å². The number of nitrogens with two attached hydrogens (primary N) is 1. The fraction of sp³-hybridized carbons (Fsp3) is 0.429. The lowest BCUT2D eigenvalue weighted by Crippen LogP contribution is -2.36. The summed E-state index contributed by atoms with van der Waals surface area (Å²) in [5, 5.41) is 3.15. The van der Waals surface area contributed by atoms with Crippen LogP contribution in [-0.2, 0) is 0 Å². The molecule has 0 unspecified atom stereocenters. The summed E-state index contributed by atoms with van der Waals surface area (Å²) in [6, 6.07) is 8.19. The van der Waals surface area contributed by atoms with Crippen molar-refractivity contribution in [1.29, 1.82) is 0 Å². The summed E-state index contributed by atoms with van der Waals surface area (Å²) in [6.07, 6.45) is 4.03. The van der Waals surface area contributed by atoms with Crippen molar-refractivity contribution in [1.82, 2.24) is 5.32 Å². The maximum absolute atomic E-state index is 12.9. The Hall–Kier alpha value is -2.10. The summed E-state index contributed by atoms with van der Waals surface area (Å²) < 4.78 is 0. The van der Waals surface area contributed by atoms with Crippen LogP contribution in [0, 0.1) is 23.7 Å². The summed E-state index contributed by atoms with van der Waals surface area (Å²) in [5.74, 6) is 7.52. The highest BCUT2D eigenvalue weighted by atomic mass is 32.1. The van der Waals surface area contributed by atoms with Crippen LogP contribution in [0.5, 0.6) is 0 Å². The molecule has 27 heavy (non-hydrogen) atoms. The number of ketones is 1. The molecule has 142 valence electrons. The van der Waals surface area contributed by atoms with Gasteiger partial charge < -0.3 is 11.1 Å². The largest absolute Gasteiger partial charge is 0.370 e. The quantitative estimate of drug-likeness (QED) is 0.339. The predicted octanol–water partition coefficient (Wildman–Crippen LogP) is 4.37. The molecule has 3 N–H and O–H groups in total. The van der Waals surface area contributed by atoms with E-state index in [9.17, 15) is 4.79 Å². The van der Waals surface area contributed by atoms with Crippen LogP contribution in [0.1, 0.15) is 47.2 Å². The molecule has 1 fully saturated rings. The Bertz CT molecular complexity index is 877. The standard InChI is InChI=1S/C21H25N3OS2/c1-3-4-16-9-10-17(26-16)18-11-12-19(27-18)20(25)15-7-5-14(6-8-15)13-24-21(22)23-2/h9-12,14-15H,5-8,13H2,1-2H3,(H3,22,23,24). The van der Waals surface area contributed by atoms with Crippen molar-refractivity contribution in [3.8, 4) is 21.6 Å². The topological polar surface area (TPSA) is 67.5 Å². The van der Waals surface area contributed by atoms with Crippen LogP contribution in [0.15, 0.2) is 29.3 Å². The summed E-state index contributed by atoms with van der Waals surface area (Å²) in [4.78, 5) is 21.1. The van der Waals surface area contributed by atoms with Crippen LogP contribution in [0.25, 0.3) is 9.75 Å². The SMILES string of the molecule is CC#Cc1ccc(-c2ccc(C(=O)C3CCC(CNC(N)=NC)CC3)s2)s1. The monoisotopic (exact) mass is 399 g/mol. The van der Waals surface area contributed by atoms with Crippen molar-refractivity contribution >= 4 is 34.4 Å². The van der Waals surface area contributed by atoms with Gasteiger partial charge in [-0.3, -0.25) is 9.79 Å². The Kier molecular flexibility index (Phi) is 6.70. The predicted molar refractivity (Wildman–Crippen MR) is 116 cm³/mol. The van der Waals surface area contributed by atoms with Gasteiger partial charge in [-0.05, 0) is 62.8 Å². The van der Waals surface area contributed by atoms with E-state index >= 15 is 0 Å². The van der Waals surface area contributed by atoms with Crippen molar-refractivity contribution < 1.29 is 4.79 Å². The second-order valence-corrected chi connectivity index (χ2v) is 8.94. The second-order valence-electron chi connectivity index (χ2n) is 6.77. The first kappa shape index (κ1) is 19.7. The molecule has 0 aromatic carbocycles. The van der Waals surface area contributed by atoms with Crippen LogP contribution >= 0.6 is 22.7 Å². The molecule has 0 saturated heterocycles. The maximum Gasteiger partial charge on any atom is 0.188 e. The van der Waals surface area contributed by atoms with E-state index in [2.05, 4.69) is 34.3 Å². The number of rotatable bonds is 5. The number of hydrogen-bond acceptors (Lipinski definition) is 4. The average Bonchev–Trinajstić information content (AvgIpc) is 3.35. The van der Waals surface area contributed by atoms with Gasteiger partial charge in [0, 0.05) is 29.3 Å². The number of aliphatic imine (C=N–C) groups is 1. The number of Topliss-reactive ketones (excluding diaryl/α,β-unsaturated/α-hetero) is 1. The third kappa shape index (κ3) is 5.00. The van der Waals surface area contributed by atoms with Crippen LogP contribution < -0.4 is 11.1 Å². The van der Waals surface area contributed by atoms with Crippen LogP contribution in [0.4, 0.5) is 0 Å². The number of nitrogens with one attached hydrogen (secondary N) is 1. The normalized spacial score (nSPS) is 20.0. The van der Waals surface area contributed by atoms with Gasteiger partial charge in [0.2, 0.25) is 0 Å². The lowest BCUT2D eigenvalue weighted by atomic mass is 9.79. The molecule has 0 amide bonds. The molecule has 0 aliphatic heterocycles. The van der Waals surface area contributed by atoms with E-state index in [0.717, 1.165) is 46.9 Å². The highest BCUT2D eigenvalue weighted by molar-refractivity contribution is 7.23. The smallest absolute Gasteiger partial charge is 0.188 e. The first-order valence-electron chi connectivity index (χ1n) is 9.23. The molecule has 0 bridgehead atoms. The average molecular weight is 400 g/mol. The Balaban J connectivity index is 1.57. The Labute approximate surface area is 168 Å². The number of carbonyl (C=O) groups is 1. The van der Waals surface area contributed by atoms with Crippen LogP contribution in [0.2, 0.25) is 0 Å². The molecule has 2 aromatic heterocycles.